The Bertz CT molecular complexity index is 974. The number of likely N-dealkylation sites (tertiary alicyclic amines) is 1. The van der Waals surface area contributed by atoms with Crippen molar-refractivity contribution in [3.63, 3.8) is 0 Å². The molecule has 0 spiro atoms. The number of hydrogen-bond donors (Lipinski definition) is 0. The molecule has 0 radical (unpaired) electrons. The Labute approximate surface area is 162 Å². The van der Waals surface area contributed by atoms with Gasteiger partial charge >= 0.3 is 5.69 Å². The standard InChI is InChI=1S/C18H27N5O3S/c1-5-12-9-7-8-10-23(12)13(24)11-27-17-19-15-14(22(17)6-2)16(25)21(4)18(26)20(15)3/h12H,5-11H2,1-4H3/t12-/m0/s1. The summed E-state index contributed by atoms with van der Waals surface area (Å²) < 4.78 is 4.27. The summed E-state index contributed by atoms with van der Waals surface area (Å²) in [5, 5.41) is 0.601. The van der Waals surface area contributed by atoms with Crippen LogP contribution < -0.4 is 11.2 Å². The molecule has 1 saturated heterocycles. The number of thioether (sulfide) groups is 1. The lowest BCUT2D eigenvalue weighted by Gasteiger charge is -2.35. The van der Waals surface area contributed by atoms with Gasteiger partial charge in [0.2, 0.25) is 5.91 Å². The minimum Gasteiger partial charge on any atom is -0.339 e. The van der Waals surface area contributed by atoms with Gasteiger partial charge in [-0.25, -0.2) is 9.78 Å². The van der Waals surface area contributed by atoms with Crippen molar-refractivity contribution in [1.82, 2.24) is 23.6 Å². The van der Waals surface area contributed by atoms with E-state index in [-0.39, 0.29) is 17.2 Å². The summed E-state index contributed by atoms with van der Waals surface area (Å²) in [5.74, 6) is 0.400. The number of imidazole rings is 1. The van der Waals surface area contributed by atoms with Crippen molar-refractivity contribution in [3.8, 4) is 0 Å². The molecule has 9 heteroatoms. The second kappa shape index (κ2) is 7.92. The van der Waals surface area contributed by atoms with Crippen LogP contribution in [0.5, 0.6) is 0 Å². The highest BCUT2D eigenvalue weighted by Crippen LogP contribution is 2.24. The van der Waals surface area contributed by atoms with Crippen molar-refractivity contribution < 1.29 is 4.79 Å². The van der Waals surface area contributed by atoms with Crippen LogP contribution in [0, 0.1) is 0 Å². The number of carbonyl (C=O) groups excluding carboxylic acids is 1. The van der Waals surface area contributed by atoms with Gasteiger partial charge in [-0.15, -0.1) is 0 Å². The number of nitrogens with zero attached hydrogens (tertiary/aromatic N) is 5. The molecule has 27 heavy (non-hydrogen) atoms. The van der Waals surface area contributed by atoms with E-state index in [1.54, 1.807) is 11.6 Å². The van der Waals surface area contributed by atoms with Crippen molar-refractivity contribution >= 4 is 28.8 Å². The largest absolute Gasteiger partial charge is 0.339 e. The van der Waals surface area contributed by atoms with Crippen LogP contribution in [-0.4, -0.2) is 47.8 Å². The highest BCUT2D eigenvalue weighted by molar-refractivity contribution is 7.99. The average molecular weight is 394 g/mol. The van der Waals surface area contributed by atoms with Crippen LogP contribution in [0.1, 0.15) is 39.5 Å². The first-order valence-corrected chi connectivity index (χ1v) is 10.5. The smallest absolute Gasteiger partial charge is 0.332 e. The average Bonchev–Trinajstić information content (AvgIpc) is 3.07. The van der Waals surface area contributed by atoms with E-state index in [4.69, 9.17) is 0 Å². The summed E-state index contributed by atoms with van der Waals surface area (Å²) in [7, 11) is 3.07. The summed E-state index contributed by atoms with van der Waals surface area (Å²) in [6.07, 6.45) is 4.28. The lowest BCUT2D eigenvalue weighted by atomic mass is 10.0. The molecule has 1 aliphatic rings. The normalized spacial score (nSPS) is 17.6. The molecule has 0 unspecified atom stereocenters. The Kier molecular flexibility index (Phi) is 5.78. The quantitative estimate of drug-likeness (QED) is 0.716. The fraction of sp³-hybridized carbons (Fsp3) is 0.667. The van der Waals surface area contributed by atoms with Crippen LogP contribution in [0.15, 0.2) is 14.7 Å². The molecule has 0 aliphatic carbocycles. The summed E-state index contributed by atoms with van der Waals surface area (Å²) >= 11 is 1.34. The Hall–Kier alpha value is -2.03. The van der Waals surface area contributed by atoms with Gasteiger partial charge in [-0.1, -0.05) is 18.7 Å². The molecule has 1 aliphatic heterocycles. The number of piperidine rings is 1. The fourth-order valence-corrected chi connectivity index (χ4v) is 4.74. The Morgan fingerprint density at radius 1 is 1.19 bits per heavy atom. The molecular formula is C18H27N5O3S. The Balaban J connectivity index is 1.90. The van der Waals surface area contributed by atoms with Crippen LogP contribution in [0.2, 0.25) is 0 Å². The molecule has 1 amide bonds. The van der Waals surface area contributed by atoms with Crippen molar-refractivity contribution in [2.45, 2.75) is 57.3 Å². The molecule has 2 aromatic rings. The van der Waals surface area contributed by atoms with E-state index < -0.39 is 5.69 Å². The first-order chi connectivity index (χ1) is 12.9. The van der Waals surface area contributed by atoms with Crippen LogP contribution in [0.25, 0.3) is 11.2 Å². The lowest BCUT2D eigenvalue weighted by molar-refractivity contribution is -0.132. The molecule has 0 bridgehead atoms. The molecule has 3 rings (SSSR count). The van der Waals surface area contributed by atoms with E-state index in [1.807, 2.05) is 11.8 Å². The van der Waals surface area contributed by atoms with Crippen molar-refractivity contribution in [2.24, 2.45) is 14.1 Å². The number of hydrogen-bond acceptors (Lipinski definition) is 5. The molecule has 148 valence electrons. The molecule has 1 fully saturated rings. The van der Waals surface area contributed by atoms with Crippen LogP contribution in [0.3, 0.4) is 0 Å². The summed E-state index contributed by atoms with van der Waals surface area (Å²) in [5.41, 5.74) is 0.00782. The number of aryl methyl sites for hydroxylation is 2. The van der Waals surface area contributed by atoms with Crippen LogP contribution >= 0.6 is 11.8 Å². The van der Waals surface area contributed by atoms with E-state index in [0.29, 0.717) is 28.9 Å². The van der Waals surface area contributed by atoms with Gasteiger partial charge in [0, 0.05) is 33.2 Å². The highest BCUT2D eigenvalue weighted by atomic mass is 32.2. The van der Waals surface area contributed by atoms with E-state index in [0.717, 1.165) is 30.4 Å². The highest BCUT2D eigenvalue weighted by Gasteiger charge is 2.26. The molecular weight excluding hydrogens is 366 g/mol. The summed E-state index contributed by atoms with van der Waals surface area (Å²) in [6, 6.07) is 0.324. The lowest BCUT2D eigenvalue weighted by Crippen LogP contribution is -2.44. The van der Waals surface area contributed by atoms with E-state index in [9.17, 15) is 14.4 Å². The van der Waals surface area contributed by atoms with Gasteiger partial charge in [-0.3, -0.25) is 18.7 Å². The SMILES string of the molecule is CC[C@H]1CCCCN1C(=O)CSc1nc2c(c(=O)n(C)c(=O)n2C)n1CC. The van der Waals surface area contributed by atoms with E-state index in [2.05, 4.69) is 11.9 Å². The topological polar surface area (TPSA) is 82.1 Å². The van der Waals surface area contributed by atoms with E-state index in [1.165, 1.54) is 29.8 Å². The molecule has 3 heterocycles. The van der Waals surface area contributed by atoms with Crippen molar-refractivity contribution in [2.75, 3.05) is 12.3 Å². The number of fused-ring (bicyclic) bond motifs is 1. The van der Waals surface area contributed by atoms with Gasteiger partial charge in [0.15, 0.2) is 16.3 Å². The molecule has 8 nitrogen and oxygen atoms in total. The first kappa shape index (κ1) is 19.7. The molecule has 0 aromatic carbocycles. The van der Waals surface area contributed by atoms with Gasteiger partial charge in [-0.2, -0.15) is 0 Å². The predicted octanol–water partition coefficient (Wildman–Crippen LogP) is 1.34. The maximum Gasteiger partial charge on any atom is 0.332 e. The van der Waals surface area contributed by atoms with Gasteiger partial charge in [0.25, 0.3) is 5.56 Å². The van der Waals surface area contributed by atoms with Gasteiger partial charge in [0.05, 0.1) is 5.75 Å². The predicted molar refractivity (Wildman–Crippen MR) is 106 cm³/mol. The van der Waals surface area contributed by atoms with Crippen molar-refractivity contribution in [1.29, 1.82) is 0 Å². The maximum atomic E-state index is 12.7. The second-order valence-corrected chi connectivity index (χ2v) is 7.89. The monoisotopic (exact) mass is 393 g/mol. The minimum atomic E-state index is -0.403. The summed E-state index contributed by atoms with van der Waals surface area (Å²) in [4.78, 5) is 44.0. The number of rotatable bonds is 5. The second-order valence-electron chi connectivity index (χ2n) is 6.95. The van der Waals surface area contributed by atoms with Gasteiger partial charge < -0.3 is 9.47 Å². The molecule has 0 saturated carbocycles. The number of carbonyl (C=O) groups is 1. The minimum absolute atomic E-state index is 0.114. The van der Waals surface area contributed by atoms with Crippen LogP contribution in [0.4, 0.5) is 0 Å². The zero-order chi connectivity index (χ0) is 19.7. The third-order valence-corrected chi connectivity index (χ3v) is 6.33. The first-order valence-electron chi connectivity index (χ1n) is 9.49. The number of aromatic nitrogens is 4. The summed E-state index contributed by atoms with van der Waals surface area (Å²) in [6.45, 7) is 5.41. The zero-order valence-corrected chi connectivity index (χ0v) is 17.2. The third-order valence-electron chi connectivity index (χ3n) is 5.37. The maximum absolute atomic E-state index is 12.7. The molecule has 0 N–H and O–H groups in total. The molecule has 2 aromatic heterocycles. The van der Waals surface area contributed by atoms with Crippen LogP contribution in [-0.2, 0) is 25.4 Å². The Morgan fingerprint density at radius 2 is 1.93 bits per heavy atom. The van der Waals surface area contributed by atoms with Gasteiger partial charge in [0.1, 0.15) is 0 Å². The Morgan fingerprint density at radius 3 is 2.59 bits per heavy atom. The van der Waals surface area contributed by atoms with Gasteiger partial charge in [-0.05, 0) is 32.6 Å². The van der Waals surface area contributed by atoms with E-state index >= 15 is 0 Å². The molecule has 1 atom stereocenters. The van der Waals surface area contributed by atoms with Crippen molar-refractivity contribution in [3.05, 3.63) is 20.8 Å². The number of amides is 1. The zero-order valence-electron chi connectivity index (χ0n) is 16.4. The third kappa shape index (κ3) is 3.44. The fourth-order valence-electron chi connectivity index (χ4n) is 3.79.